The van der Waals surface area contributed by atoms with Gasteiger partial charge in [0.25, 0.3) is 0 Å². The van der Waals surface area contributed by atoms with Crippen molar-refractivity contribution in [2.75, 3.05) is 23.8 Å². The monoisotopic (exact) mass is 335 g/mol. The van der Waals surface area contributed by atoms with Crippen molar-refractivity contribution in [2.45, 2.75) is 13.8 Å². The van der Waals surface area contributed by atoms with Crippen LogP contribution in [0.2, 0.25) is 0 Å². The van der Waals surface area contributed by atoms with E-state index in [0.717, 1.165) is 29.2 Å². The first-order valence-corrected chi connectivity index (χ1v) is 8.31. The van der Waals surface area contributed by atoms with E-state index in [2.05, 4.69) is 25.6 Å². The molecule has 2 heterocycles. The number of hydrogen-bond acceptors (Lipinski definition) is 6. The van der Waals surface area contributed by atoms with Gasteiger partial charge in [-0.2, -0.15) is 4.98 Å². The van der Waals surface area contributed by atoms with Gasteiger partial charge in [-0.05, 0) is 50.2 Å². The van der Waals surface area contributed by atoms with Crippen molar-refractivity contribution >= 4 is 17.5 Å². The highest BCUT2D eigenvalue weighted by molar-refractivity contribution is 5.67. The number of ether oxygens (including phenoxy) is 1. The minimum Gasteiger partial charge on any atom is -0.494 e. The molecule has 0 fully saturated rings. The molecule has 0 aliphatic rings. The molecule has 1 aromatic carbocycles. The van der Waals surface area contributed by atoms with E-state index in [1.54, 1.807) is 12.4 Å². The quantitative estimate of drug-likeness (QED) is 0.677. The lowest BCUT2D eigenvalue weighted by Crippen LogP contribution is -2.05. The normalized spacial score (nSPS) is 10.3. The van der Waals surface area contributed by atoms with Crippen LogP contribution < -0.4 is 15.4 Å². The molecular formula is C19H21N5O. The molecule has 3 aromatic rings. The maximum absolute atomic E-state index is 5.47. The van der Waals surface area contributed by atoms with E-state index >= 15 is 0 Å². The van der Waals surface area contributed by atoms with E-state index < -0.39 is 0 Å². The van der Waals surface area contributed by atoms with Gasteiger partial charge in [0.1, 0.15) is 11.6 Å². The van der Waals surface area contributed by atoms with Crippen LogP contribution in [0.1, 0.15) is 13.8 Å². The zero-order chi connectivity index (χ0) is 17.5. The lowest BCUT2D eigenvalue weighted by atomic mass is 10.2. The van der Waals surface area contributed by atoms with Crippen LogP contribution in [0, 0.1) is 0 Å². The number of anilines is 3. The van der Waals surface area contributed by atoms with Crippen molar-refractivity contribution in [3.05, 3.63) is 54.9 Å². The van der Waals surface area contributed by atoms with Crippen molar-refractivity contribution in [3.63, 3.8) is 0 Å². The highest BCUT2D eigenvalue weighted by Gasteiger charge is 2.07. The second kappa shape index (κ2) is 8.10. The van der Waals surface area contributed by atoms with Gasteiger partial charge < -0.3 is 15.4 Å². The molecule has 6 nitrogen and oxygen atoms in total. The molecule has 0 saturated carbocycles. The summed E-state index contributed by atoms with van der Waals surface area (Å²) in [5.41, 5.74) is 2.69. The average molecular weight is 335 g/mol. The second-order valence-electron chi connectivity index (χ2n) is 5.32. The third-order valence-corrected chi connectivity index (χ3v) is 3.46. The van der Waals surface area contributed by atoms with Crippen LogP contribution in [0.3, 0.4) is 0 Å². The molecule has 2 aromatic heterocycles. The molecule has 0 unspecified atom stereocenters. The van der Waals surface area contributed by atoms with E-state index in [1.807, 2.05) is 56.3 Å². The Morgan fingerprint density at radius 2 is 1.88 bits per heavy atom. The molecule has 0 bridgehead atoms. The highest BCUT2D eigenvalue weighted by atomic mass is 16.5. The van der Waals surface area contributed by atoms with Crippen molar-refractivity contribution < 1.29 is 4.74 Å². The molecule has 25 heavy (non-hydrogen) atoms. The van der Waals surface area contributed by atoms with Crippen molar-refractivity contribution in [1.82, 2.24) is 15.0 Å². The van der Waals surface area contributed by atoms with Crippen LogP contribution >= 0.6 is 0 Å². The topological polar surface area (TPSA) is 72.0 Å². The average Bonchev–Trinajstić information content (AvgIpc) is 2.64. The molecule has 0 aliphatic carbocycles. The lowest BCUT2D eigenvalue weighted by molar-refractivity contribution is 0.340. The molecule has 0 aliphatic heterocycles. The second-order valence-corrected chi connectivity index (χ2v) is 5.32. The van der Waals surface area contributed by atoms with E-state index in [1.165, 1.54) is 0 Å². The Labute approximate surface area is 147 Å². The molecular weight excluding hydrogens is 314 g/mol. The number of aromatic nitrogens is 3. The molecule has 128 valence electrons. The fourth-order valence-corrected chi connectivity index (χ4v) is 2.36. The maximum Gasteiger partial charge on any atom is 0.225 e. The molecule has 0 radical (unpaired) electrons. The molecule has 0 saturated heterocycles. The highest BCUT2D eigenvalue weighted by Crippen LogP contribution is 2.24. The summed E-state index contributed by atoms with van der Waals surface area (Å²) in [6.07, 6.45) is 3.54. The van der Waals surface area contributed by atoms with Gasteiger partial charge in [0.05, 0.1) is 12.3 Å². The minimum atomic E-state index is 0.581. The molecule has 0 spiro atoms. The lowest BCUT2D eigenvalue weighted by Gasteiger charge is -2.11. The summed E-state index contributed by atoms with van der Waals surface area (Å²) in [7, 11) is 0. The number of pyridine rings is 1. The fraction of sp³-hybridized carbons (Fsp3) is 0.211. The van der Waals surface area contributed by atoms with Crippen LogP contribution in [-0.4, -0.2) is 28.1 Å². The number of benzene rings is 1. The largest absolute Gasteiger partial charge is 0.494 e. The zero-order valence-electron chi connectivity index (χ0n) is 14.4. The number of nitrogens with one attached hydrogen (secondary N) is 2. The van der Waals surface area contributed by atoms with Crippen LogP contribution in [0.5, 0.6) is 5.75 Å². The summed E-state index contributed by atoms with van der Waals surface area (Å²) in [4.78, 5) is 13.2. The van der Waals surface area contributed by atoms with E-state index in [4.69, 9.17) is 4.74 Å². The maximum atomic E-state index is 5.47. The number of hydrogen-bond donors (Lipinski definition) is 2. The SMILES string of the molecule is CCNc1nc(Nc2ccc(OCC)cc2)cc(-c2cccnc2)n1. The van der Waals surface area contributed by atoms with Gasteiger partial charge in [0.15, 0.2) is 0 Å². The van der Waals surface area contributed by atoms with Gasteiger partial charge in [0, 0.05) is 36.3 Å². The Balaban J connectivity index is 1.88. The summed E-state index contributed by atoms with van der Waals surface area (Å²) < 4.78 is 5.47. The van der Waals surface area contributed by atoms with E-state index in [0.29, 0.717) is 18.4 Å². The third-order valence-electron chi connectivity index (χ3n) is 3.46. The fourth-order valence-electron chi connectivity index (χ4n) is 2.36. The molecule has 0 amide bonds. The van der Waals surface area contributed by atoms with Crippen LogP contribution in [0.15, 0.2) is 54.9 Å². The van der Waals surface area contributed by atoms with Crippen LogP contribution in [0.25, 0.3) is 11.3 Å². The molecule has 3 rings (SSSR count). The minimum absolute atomic E-state index is 0.581. The van der Waals surface area contributed by atoms with Crippen molar-refractivity contribution in [1.29, 1.82) is 0 Å². The Morgan fingerprint density at radius 3 is 2.56 bits per heavy atom. The van der Waals surface area contributed by atoms with Crippen LogP contribution in [0.4, 0.5) is 17.5 Å². The first kappa shape index (κ1) is 16.7. The molecule has 0 atom stereocenters. The molecule has 2 N–H and O–H groups in total. The Morgan fingerprint density at radius 1 is 1.04 bits per heavy atom. The predicted molar refractivity (Wildman–Crippen MR) is 100 cm³/mol. The predicted octanol–water partition coefficient (Wildman–Crippen LogP) is 4.11. The van der Waals surface area contributed by atoms with Crippen molar-refractivity contribution in [2.24, 2.45) is 0 Å². The standard InChI is InChI=1S/C19H21N5O/c1-3-21-19-23-17(14-6-5-11-20-13-14)12-18(24-19)22-15-7-9-16(10-8-15)25-4-2/h5-13H,3-4H2,1-2H3,(H2,21,22,23,24). The van der Waals surface area contributed by atoms with Gasteiger partial charge in [-0.25, -0.2) is 4.98 Å². The van der Waals surface area contributed by atoms with E-state index in [-0.39, 0.29) is 0 Å². The third kappa shape index (κ3) is 4.44. The number of nitrogens with zero attached hydrogens (tertiary/aromatic N) is 3. The smallest absolute Gasteiger partial charge is 0.225 e. The van der Waals surface area contributed by atoms with Gasteiger partial charge in [-0.15, -0.1) is 0 Å². The summed E-state index contributed by atoms with van der Waals surface area (Å²) >= 11 is 0. The summed E-state index contributed by atoms with van der Waals surface area (Å²) in [6, 6.07) is 13.6. The Bertz CT molecular complexity index is 806. The summed E-state index contributed by atoms with van der Waals surface area (Å²) in [6.45, 7) is 5.38. The first-order valence-electron chi connectivity index (χ1n) is 8.31. The molecule has 6 heteroatoms. The van der Waals surface area contributed by atoms with Crippen LogP contribution in [-0.2, 0) is 0 Å². The number of rotatable bonds is 7. The van der Waals surface area contributed by atoms with E-state index in [9.17, 15) is 0 Å². The van der Waals surface area contributed by atoms with Gasteiger partial charge in [0.2, 0.25) is 5.95 Å². The summed E-state index contributed by atoms with van der Waals surface area (Å²) in [5.74, 6) is 2.14. The zero-order valence-corrected chi connectivity index (χ0v) is 14.4. The Kier molecular flexibility index (Phi) is 5.41. The van der Waals surface area contributed by atoms with Gasteiger partial charge >= 0.3 is 0 Å². The van der Waals surface area contributed by atoms with Gasteiger partial charge in [-0.3, -0.25) is 4.98 Å². The van der Waals surface area contributed by atoms with Gasteiger partial charge in [-0.1, -0.05) is 0 Å². The summed E-state index contributed by atoms with van der Waals surface area (Å²) in [5, 5.41) is 6.48. The van der Waals surface area contributed by atoms with Crippen molar-refractivity contribution in [3.8, 4) is 17.0 Å². The first-order chi connectivity index (χ1) is 12.3. The Hall–Kier alpha value is -3.15.